The first-order chi connectivity index (χ1) is 14.8. The Balaban J connectivity index is 1.22. The van der Waals surface area contributed by atoms with Crippen LogP contribution < -0.4 is 10.1 Å². The van der Waals surface area contributed by atoms with E-state index in [4.69, 9.17) is 9.26 Å². The second-order valence-electron chi connectivity index (χ2n) is 7.35. The van der Waals surface area contributed by atoms with Crippen molar-refractivity contribution >= 4 is 5.91 Å². The molecule has 0 spiro atoms. The molecule has 1 N–H and O–H groups in total. The summed E-state index contributed by atoms with van der Waals surface area (Å²) in [6.45, 7) is 4.10. The summed E-state index contributed by atoms with van der Waals surface area (Å²) in [6, 6.07) is 16.9. The number of aromatic nitrogens is 2. The van der Waals surface area contributed by atoms with Crippen LogP contribution in [0.5, 0.6) is 5.75 Å². The lowest BCUT2D eigenvalue weighted by Crippen LogP contribution is -2.31. The summed E-state index contributed by atoms with van der Waals surface area (Å²) in [7, 11) is 0. The second-order valence-corrected chi connectivity index (χ2v) is 7.35. The fourth-order valence-electron chi connectivity index (χ4n) is 3.48. The van der Waals surface area contributed by atoms with Gasteiger partial charge in [0, 0.05) is 17.7 Å². The van der Waals surface area contributed by atoms with Crippen LogP contribution in [0, 0.1) is 0 Å². The van der Waals surface area contributed by atoms with Gasteiger partial charge in [-0.3, -0.25) is 4.79 Å². The summed E-state index contributed by atoms with van der Waals surface area (Å²) >= 11 is 0. The van der Waals surface area contributed by atoms with Crippen molar-refractivity contribution in [1.29, 1.82) is 0 Å². The van der Waals surface area contributed by atoms with Crippen molar-refractivity contribution in [3.8, 4) is 28.6 Å². The molecule has 0 radical (unpaired) electrons. The van der Waals surface area contributed by atoms with Gasteiger partial charge < -0.3 is 19.5 Å². The molecule has 2 heterocycles. The highest BCUT2D eigenvalue weighted by molar-refractivity contribution is 5.77. The summed E-state index contributed by atoms with van der Waals surface area (Å²) in [5.74, 6) is 1.50. The fourth-order valence-corrected chi connectivity index (χ4v) is 3.48. The smallest absolute Gasteiger partial charge is 0.258 e. The van der Waals surface area contributed by atoms with E-state index in [0.29, 0.717) is 24.0 Å². The van der Waals surface area contributed by atoms with Gasteiger partial charge in [0.05, 0.1) is 0 Å². The average Bonchev–Trinajstić information content (AvgIpc) is 3.49. The third-order valence-electron chi connectivity index (χ3n) is 5.10. The molecule has 7 heteroatoms. The largest absolute Gasteiger partial charge is 0.484 e. The van der Waals surface area contributed by atoms with Gasteiger partial charge in [-0.1, -0.05) is 35.5 Å². The summed E-state index contributed by atoms with van der Waals surface area (Å²) in [5, 5.41) is 6.94. The molecule has 30 heavy (non-hydrogen) atoms. The number of nitrogens with zero attached hydrogens (tertiary/aromatic N) is 3. The third-order valence-corrected chi connectivity index (χ3v) is 5.10. The Morgan fingerprint density at radius 3 is 2.57 bits per heavy atom. The van der Waals surface area contributed by atoms with Gasteiger partial charge in [-0.25, -0.2) is 0 Å². The molecule has 7 nitrogen and oxygen atoms in total. The quantitative estimate of drug-likeness (QED) is 0.549. The maximum Gasteiger partial charge on any atom is 0.258 e. The Bertz CT molecular complexity index is 935. The van der Waals surface area contributed by atoms with Crippen LogP contribution in [0.2, 0.25) is 0 Å². The van der Waals surface area contributed by atoms with Crippen molar-refractivity contribution in [1.82, 2.24) is 20.4 Å². The van der Waals surface area contributed by atoms with Gasteiger partial charge in [0.15, 0.2) is 6.61 Å². The van der Waals surface area contributed by atoms with Crippen molar-refractivity contribution in [3.05, 3.63) is 54.6 Å². The Morgan fingerprint density at radius 1 is 1.03 bits per heavy atom. The second kappa shape index (κ2) is 10.0. The minimum absolute atomic E-state index is 0.00176. The lowest BCUT2D eigenvalue weighted by atomic mass is 10.2. The minimum atomic E-state index is -0.107. The van der Waals surface area contributed by atoms with Crippen molar-refractivity contribution < 1.29 is 14.1 Å². The molecule has 2 aromatic carbocycles. The van der Waals surface area contributed by atoms with Gasteiger partial charge in [-0.05, 0) is 63.2 Å². The Labute approximate surface area is 176 Å². The SMILES string of the molecule is O=C(COc1ccc(-c2nc(-c3ccccc3)no2)cc1)NCCCN1CCCC1. The van der Waals surface area contributed by atoms with E-state index >= 15 is 0 Å². The van der Waals surface area contributed by atoms with Crippen molar-refractivity contribution in [3.63, 3.8) is 0 Å². The van der Waals surface area contributed by atoms with Gasteiger partial charge in [-0.15, -0.1) is 0 Å². The molecule has 0 aliphatic carbocycles. The van der Waals surface area contributed by atoms with E-state index in [1.54, 1.807) is 12.1 Å². The zero-order valence-electron chi connectivity index (χ0n) is 16.9. The van der Waals surface area contributed by atoms with Gasteiger partial charge in [-0.2, -0.15) is 4.98 Å². The Morgan fingerprint density at radius 2 is 1.80 bits per heavy atom. The Hall–Kier alpha value is -3.19. The first-order valence-corrected chi connectivity index (χ1v) is 10.4. The number of hydrogen-bond donors (Lipinski definition) is 1. The van der Waals surface area contributed by atoms with E-state index < -0.39 is 0 Å². The molecule has 3 aromatic rings. The standard InChI is InChI=1S/C23H26N4O3/c28-21(24-13-6-16-27-14-4-5-15-27)17-29-20-11-9-19(10-12-20)23-25-22(26-30-23)18-7-2-1-3-8-18/h1-3,7-12H,4-6,13-17H2,(H,24,28). The van der Waals surface area contributed by atoms with Crippen LogP contribution in [-0.4, -0.2) is 53.7 Å². The summed E-state index contributed by atoms with van der Waals surface area (Å²) in [4.78, 5) is 18.8. The molecule has 1 aliphatic heterocycles. The van der Waals surface area contributed by atoms with Gasteiger partial charge in [0.2, 0.25) is 5.82 Å². The molecule has 1 amide bonds. The van der Waals surface area contributed by atoms with E-state index in [-0.39, 0.29) is 12.5 Å². The fraction of sp³-hybridized carbons (Fsp3) is 0.348. The number of likely N-dealkylation sites (tertiary alicyclic amines) is 1. The van der Waals surface area contributed by atoms with Crippen LogP contribution >= 0.6 is 0 Å². The van der Waals surface area contributed by atoms with Crippen molar-refractivity contribution in [2.75, 3.05) is 32.8 Å². The van der Waals surface area contributed by atoms with Crippen LogP contribution in [0.25, 0.3) is 22.8 Å². The number of amides is 1. The summed E-state index contributed by atoms with van der Waals surface area (Å²) < 4.78 is 10.9. The van der Waals surface area contributed by atoms with E-state index in [1.807, 2.05) is 42.5 Å². The van der Waals surface area contributed by atoms with Crippen LogP contribution in [0.3, 0.4) is 0 Å². The molecular formula is C23H26N4O3. The average molecular weight is 406 g/mol. The number of benzene rings is 2. The molecule has 0 saturated carbocycles. The van der Waals surface area contributed by atoms with Gasteiger partial charge in [0.1, 0.15) is 5.75 Å². The topological polar surface area (TPSA) is 80.5 Å². The molecule has 156 valence electrons. The highest BCUT2D eigenvalue weighted by atomic mass is 16.5. The molecule has 0 bridgehead atoms. The highest BCUT2D eigenvalue weighted by Gasteiger charge is 2.12. The Kier molecular flexibility index (Phi) is 6.72. The maximum atomic E-state index is 12.0. The number of ether oxygens (including phenoxy) is 1. The van der Waals surface area contributed by atoms with E-state index in [1.165, 1.54) is 25.9 Å². The summed E-state index contributed by atoms with van der Waals surface area (Å²) in [6.07, 6.45) is 3.55. The van der Waals surface area contributed by atoms with Crippen LogP contribution in [-0.2, 0) is 4.79 Å². The predicted octanol–water partition coefficient (Wildman–Crippen LogP) is 3.38. The highest BCUT2D eigenvalue weighted by Crippen LogP contribution is 2.24. The first-order valence-electron chi connectivity index (χ1n) is 10.4. The predicted molar refractivity (Wildman–Crippen MR) is 114 cm³/mol. The van der Waals surface area contributed by atoms with Crippen molar-refractivity contribution in [2.24, 2.45) is 0 Å². The zero-order chi connectivity index (χ0) is 20.6. The van der Waals surface area contributed by atoms with Crippen LogP contribution in [0.15, 0.2) is 59.1 Å². The molecule has 1 aromatic heterocycles. The lowest BCUT2D eigenvalue weighted by molar-refractivity contribution is -0.123. The minimum Gasteiger partial charge on any atom is -0.484 e. The van der Waals surface area contributed by atoms with Crippen molar-refractivity contribution in [2.45, 2.75) is 19.3 Å². The number of carbonyl (C=O) groups excluding carboxylic acids is 1. The lowest BCUT2D eigenvalue weighted by Gasteiger charge is -2.14. The van der Waals surface area contributed by atoms with Gasteiger partial charge in [0.25, 0.3) is 11.8 Å². The monoisotopic (exact) mass is 406 g/mol. The van der Waals surface area contributed by atoms with E-state index in [9.17, 15) is 4.79 Å². The molecule has 1 aliphatic rings. The maximum absolute atomic E-state index is 12.0. The third kappa shape index (κ3) is 5.45. The normalized spacial score (nSPS) is 14.0. The number of hydrogen-bond acceptors (Lipinski definition) is 6. The number of rotatable bonds is 9. The molecule has 0 unspecified atom stereocenters. The molecule has 1 saturated heterocycles. The zero-order valence-corrected chi connectivity index (χ0v) is 16.9. The molecule has 1 fully saturated rings. The van der Waals surface area contributed by atoms with E-state index in [2.05, 4.69) is 20.4 Å². The van der Waals surface area contributed by atoms with Gasteiger partial charge >= 0.3 is 0 Å². The molecular weight excluding hydrogens is 380 g/mol. The van der Waals surface area contributed by atoms with Crippen LogP contribution in [0.1, 0.15) is 19.3 Å². The molecule has 4 rings (SSSR count). The molecule has 0 atom stereocenters. The number of carbonyl (C=O) groups is 1. The van der Waals surface area contributed by atoms with E-state index in [0.717, 1.165) is 24.1 Å². The first kappa shape index (κ1) is 20.1. The number of nitrogens with one attached hydrogen (secondary N) is 1. The van der Waals surface area contributed by atoms with Crippen LogP contribution in [0.4, 0.5) is 0 Å². The summed E-state index contributed by atoms with van der Waals surface area (Å²) in [5.41, 5.74) is 1.70.